The predicted octanol–water partition coefficient (Wildman–Crippen LogP) is 4.55. The minimum atomic E-state index is -0.928. The van der Waals surface area contributed by atoms with Gasteiger partial charge in [0.25, 0.3) is 0 Å². The van der Waals surface area contributed by atoms with Gasteiger partial charge in [-0.05, 0) is 61.6 Å². The van der Waals surface area contributed by atoms with Crippen LogP contribution < -0.4 is 4.84 Å². The molecule has 158 valence electrons. The van der Waals surface area contributed by atoms with Crippen LogP contribution >= 0.6 is 0 Å². The normalized spacial score (nSPS) is 15.5. The second-order valence-electron chi connectivity index (χ2n) is 7.62. The van der Waals surface area contributed by atoms with Gasteiger partial charge in [-0.1, -0.05) is 18.2 Å². The third kappa shape index (κ3) is 4.50. The van der Waals surface area contributed by atoms with Gasteiger partial charge in [0.05, 0.1) is 12.2 Å². The molecule has 30 heavy (non-hydrogen) atoms. The highest BCUT2D eigenvalue weighted by atomic mass is 16.7. The quantitative estimate of drug-likeness (QED) is 0.554. The molecule has 1 aliphatic rings. The molecular weight excluding hydrogens is 380 g/mol. The van der Waals surface area contributed by atoms with Crippen molar-refractivity contribution in [2.24, 2.45) is 0 Å². The summed E-state index contributed by atoms with van der Waals surface area (Å²) in [5, 5.41) is 12.3. The molecule has 1 N–H and O–H groups in total. The molecule has 0 spiro atoms. The molecule has 0 atom stereocenters. The zero-order valence-electron chi connectivity index (χ0n) is 17.3. The molecule has 6 nitrogen and oxygen atoms in total. The number of aromatic nitrogens is 1. The van der Waals surface area contributed by atoms with E-state index in [1.807, 2.05) is 12.0 Å². The Bertz CT molecular complexity index is 988. The summed E-state index contributed by atoms with van der Waals surface area (Å²) in [5.74, 6) is 0.242. The first-order valence-corrected chi connectivity index (χ1v) is 10.6. The number of ether oxygens (including phenoxy) is 1. The van der Waals surface area contributed by atoms with Gasteiger partial charge in [-0.25, -0.2) is 4.79 Å². The van der Waals surface area contributed by atoms with Crippen LogP contribution in [0.15, 0.2) is 54.7 Å². The summed E-state index contributed by atoms with van der Waals surface area (Å²) in [6.07, 6.45) is 4.34. The number of piperidine rings is 1. The van der Waals surface area contributed by atoms with Crippen LogP contribution in [0.5, 0.6) is 5.75 Å². The molecule has 0 bridgehead atoms. The second kappa shape index (κ2) is 9.32. The van der Waals surface area contributed by atoms with Crippen LogP contribution in [0.4, 0.5) is 0 Å². The highest BCUT2D eigenvalue weighted by Gasteiger charge is 2.24. The maximum Gasteiger partial charge on any atom is 0.335 e. The molecule has 2 aromatic carbocycles. The zero-order chi connectivity index (χ0) is 20.9. The number of hydrogen-bond acceptors (Lipinski definition) is 4. The Morgan fingerprint density at radius 3 is 2.53 bits per heavy atom. The second-order valence-corrected chi connectivity index (χ2v) is 7.62. The van der Waals surface area contributed by atoms with Gasteiger partial charge < -0.3 is 19.2 Å². The van der Waals surface area contributed by atoms with Crippen molar-refractivity contribution in [2.75, 3.05) is 26.3 Å². The Kier molecular flexibility index (Phi) is 6.35. The Balaban J connectivity index is 1.41. The molecule has 3 aromatic rings. The summed E-state index contributed by atoms with van der Waals surface area (Å²) in [4.78, 5) is 16.9. The highest BCUT2D eigenvalue weighted by Crippen LogP contribution is 2.34. The number of carboxylic acids is 1. The number of aromatic carboxylic acids is 1. The molecule has 4 rings (SSSR count). The Morgan fingerprint density at radius 1 is 1.10 bits per heavy atom. The van der Waals surface area contributed by atoms with Gasteiger partial charge in [-0.3, -0.25) is 0 Å². The Hall–Kier alpha value is -2.83. The van der Waals surface area contributed by atoms with E-state index in [9.17, 15) is 4.79 Å². The molecule has 0 unspecified atom stereocenters. The molecule has 1 saturated heterocycles. The number of rotatable bonds is 8. The van der Waals surface area contributed by atoms with Gasteiger partial charge in [0.15, 0.2) is 0 Å². The smallest absolute Gasteiger partial charge is 0.335 e. The van der Waals surface area contributed by atoms with E-state index >= 15 is 0 Å². The van der Waals surface area contributed by atoms with E-state index in [0.717, 1.165) is 45.7 Å². The van der Waals surface area contributed by atoms with Crippen LogP contribution in [0.1, 0.15) is 41.6 Å². The van der Waals surface area contributed by atoms with E-state index in [1.165, 1.54) is 16.5 Å². The van der Waals surface area contributed by atoms with Crippen molar-refractivity contribution >= 4 is 16.9 Å². The molecule has 2 heterocycles. The molecule has 0 radical (unpaired) electrons. The Labute approximate surface area is 176 Å². The molecule has 1 fully saturated rings. The Morgan fingerprint density at radius 2 is 1.83 bits per heavy atom. The van der Waals surface area contributed by atoms with Gasteiger partial charge >= 0.3 is 5.97 Å². The maximum absolute atomic E-state index is 11.0. The van der Waals surface area contributed by atoms with E-state index < -0.39 is 5.97 Å². The van der Waals surface area contributed by atoms with Crippen LogP contribution in [-0.4, -0.2) is 47.0 Å². The van der Waals surface area contributed by atoms with Crippen molar-refractivity contribution in [3.05, 3.63) is 65.9 Å². The first-order chi connectivity index (χ1) is 14.7. The fourth-order valence-electron chi connectivity index (χ4n) is 4.16. The lowest BCUT2D eigenvalue weighted by molar-refractivity contribution is -0.0755. The number of carbonyl (C=O) groups is 1. The minimum Gasteiger partial charge on any atom is -0.478 e. The van der Waals surface area contributed by atoms with Gasteiger partial charge in [0.2, 0.25) is 0 Å². The van der Waals surface area contributed by atoms with Crippen molar-refractivity contribution in [3.63, 3.8) is 0 Å². The van der Waals surface area contributed by atoms with E-state index in [0.29, 0.717) is 11.7 Å². The van der Waals surface area contributed by atoms with Gasteiger partial charge in [0.1, 0.15) is 5.75 Å². The van der Waals surface area contributed by atoms with Crippen molar-refractivity contribution in [3.8, 4) is 5.75 Å². The number of fused-ring (bicyclic) bond motifs is 1. The lowest BCUT2D eigenvalue weighted by atomic mass is 9.90. The molecule has 0 amide bonds. The van der Waals surface area contributed by atoms with Crippen LogP contribution in [0.3, 0.4) is 0 Å². The van der Waals surface area contributed by atoms with Gasteiger partial charge in [0, 0.05) is 43.3 Å². The summed E-state index contributed by atoms with van der Waals surface area (Å²) >= 11 is 0. The predicted molar refractivity (Wildman–Crippen MR) is 116 cm³/mol. The molecule has 6 heteroatoms. The fraction of sp³-hybridized carbons (Fsp3) is 0.375. The van der Waals surface area contributed by atoms with E-state index in [1.54, 1.807) is 24.3 Å². The summed E-state index contributed by atoms with van der Waals surface area (Å²) in [6.45, 7) is 6.02. The number of para-hydroxylation sites is 1. The highest BCUT2D eigenvalue weighted by molar-refractivity contribution is 5.87. The van der Waals surface area contributed by atoms with Crippen LogP contribution in [0.25, 0.3) is 10.9 Å². The standard InChI is InChI=1S/C24H28N2O4/c1-2-29-16-15-25-17-22(21-5-3-4-6-23(21)25)18-11-13-26(14-12-18)30-20-9-7-19(8-10-20)24(27)28/h3-10,17-18H,2,11-16H2,1H3,(H,27,28). The number of hydrogen-bond donors (Lipinski definition) is 1. The minimum absolute atomic E-state index is 0.266. The van der Waals surface area contributed by atoms with Gasteiger partial charge in [-0.2, -0.15) is 0 Å². The number of nitrogens with zero attached hydrogens (tertiary/aromatic N) is 2. The van der Waals surface area contributed by atoms with Crippen LogP contribution in [-0.2, 0) is 11.3 Å². The average Bonchev–Trinajstić information content (AvgIpc) is 3.14. The van der Waals surface area contributed by atoms with Crippen molar-refractivity contribution in [1.82, 2.24) is 9.63 Å². The molecule has 1 aromatic heterocycles. The third-order valence-corrected chi connectivity index (χ3v) is 5.73. The average molecular weight is 408 g/mol. The summed E-state index contributed by atoms with van der Waals surface area (Å²) < 4.78 is 7.87. The summed E-state index contributed by atoms with van der Waals surface area (Å²) in [7, 11) is 0. The lowest BCUT2D eigenvalue weighted by Gasteiger charge is -2.31. The molecular formula is C24H28N2O4. The van der Waals surface area contributed by atoms with Gasteiger partial charge in [-0.15, -0.1) is 5.06 Å². The summed E-state index contributed by atoms with van der Waals surface area (Å²) in [6, 6.07) is 15.2. The van der Waals surface area contributed by atoms with E-state index in [-0.39, 0.29) is 5.56 Å². The van der Waals surface area contributed by atoms with Crippen LogP contribution in [0, 0.1) is 0 Å². The third-order valence-electron chi connectivity index (χ3n) is 5.73. The monoisotopic (exact) mass is 408 g/mol. The van der Waals surface area contributed by atoms with Crippen molar-refractivity contribution < 1.29 is 19.5 Å². The largest absolute Gasteiger partial charge is 0.478 e. The maximum atomic E-state index is 11.0. The zero-order valence-corrected chi connectivity index (χ0v) is 17.3. The number of hydroxylamine groups is 2. The molecule has 1 aliphatic heterocycles. The lowest BCUT2D eigenvalue weighted by Crippen LogP contribution is -2.35. The number of benzene rings is 2. The SMILES string of the molecule is CCOCCn1cc(C2CCN(Oc3ccc(C(=O)O)cc3)CC2)c2ccccc21. The topological polar surface area (TPSA) is 63.9 Å². The van der Waals surface area contributed by atoms with E-state index in [4.69, 9.17) is 14.7 Å². The van der Waals surface area contributed by atoms with Crippen molar-refractivity contribution in [1.29, 1.82) is 0 Å². The first-order valence-electron chi connectivity index (χ1n) is 10.6. The molecule has 0 saturated carbocycles. The van der Waals surface area contributed by atoms with Crippen molar-refractivity contribution in [2.45, 2.75) is 32.2 Å². The van der Waals surface area contributed by atoms with E-state index in [2.05, 4.69) is 35.0 Å². The first kappa shape index (κ1) is 20.4. The van der Waals surface area contributed by atoms with Crippen LogP contribution in [0.2, 0.25) is 0 Å². The summed E-state index contributed by atoms with van der Waals surface area (Å²) in [5.41, 5.74) is 2.94. The molecule has 0 aliphatic carbocycles. The fourth-order valence-corrected chi connectivity index (χ4v) is 4.16. The number of carboxylic acid groups (broad SMARTS) is 1.